The van der Waals surface area contributed by atoms with Crippen molar-refractivity contribution in [3.8, 4) is 5.75 Å². The Bertz CT molecular complexity index is 734. The number of hydrogen-bond acceptors (Lipinski definition) is 7. The third-order valence-electron chi connectivity index (χ3n) is 2.97. The summed E-state index contributed by atoms with van der Waals surface area (Å²) in [4.78, 5) is 15.6. The number of rotatable bonds is 9. The van der Waals surface area contributed by atoms with E-state index in [2.05, 4.69) is 15.5 Å². The van der Waals surface area contributed by atoms with Crippen molar-refractivity contribution < 1.29 is 18.7 Å². The van der Waals surface area contributed by atoms with Gasteiger partial charge in [0.1, 0.15) is 0 Å². The van der Waals surface area contributed by atoms with E-state index >= 15 is 0 Å². The molecule has 2 aromatic rings. The molecule has 0 saturated heterocycles. The highest BCUT2D eigenvalue weighted by molar-refractivity contribution is 7.13. The van der Waals surface area contributed by atoms with Gasteiger partial charge in [0.05, 0.1) is 31.5 Å². The number of carbonyl (C=O) groups is 1. The maximum atomic E-state index is 13.9. The monoisotopic (exact) mass is 365 g/mol. The Morgan fingerprint density at radius 3 is 3.00 bits per heavy atom. The van der Waals surface area contributed by atoms with Crippen molar-refractivity contribution in [2.75, 3.05) is 18.6 Å². The van der Waals surface area contributed by atoms with Crippen LogP contribution in [-0.2, 0) is 16.0 Å². The van der Waals surface area contributed by atoms with Crippen LogP contribution in [0.15, 0.2) is 28.7 Å². The highest BCUT2D eigenvalue weighted by atomic mass is 32.1. The van der Waals surface area contributed by atoms with Crippen LogP contribution < -0.4 is 10.2 Å². The van der Waals surface area contributed by atoms with Crippen molar-refractivity contribution in [1.82, 2.24) is 4.98 Å². The molecule has 134 valence electrons. The topological polar surface area (TPSA) is 72.8 Å². The van der Waals surface area contributed by atoms with Crippen LogP contribution in [0.5, 0.6) is 5.75 Å². The molecule has 0 aliphatic carbocycles. The van der Waals surface area contributed by atoms with Gasteiger partial charge in [0.15, 0.2) is 11.6 Å². The number of hydrazone groups is 1. The number of benzene rings is 1. The molecule has 0 aliphatic rings. The average Bonchev–Trinajstić information content (AvgIpc) is 3.01. The third kappa shape index (κ3) is 6.15. The lowest BCUT2D eigenvalue weighted by atomic mass is 10.2. The van der Waals surface area contributed by atoms with E-state index in [1.54, 1.807) is 24.4 Å². The van der Waals surface area contributed by atoms with Crippen LogP contribution in [-0.4, -0.2) is 30.4 Å². The lowest BCUT2D eigenvalue weighted by molar-refractivity contribution is -0.142. The second kappa shape index (κ2) is 9.73. The standard InChI is InChI=1S/C17H20FN3O3S/c1-3-7-24-15-6-5-12(8-14(15)18)10-19-21-17-20-13(11-25-17)9-16(22)23-4-2/h5-6,8,10-11H,3-4,7,9H2,1-2H3,(H,20,21). The number of halogens is 1. The molecule has 0 spiro atoms. The quantitative estimate of drug-likeness (QED) is 0.417. The molecule has 25 heavy (non-hydrogen) atoms. The van der Waals surface area contributed by atoms with Gasteiger partial charge < -0.3 is 9.47 Å². The molecule has 0 unspecified atom stereocenters. The zero-order valence-electron chi connectivity index (χ0n) is 14.1. The first-order valence-corrected chi connectivity index (χ1v) is 8.81. The summed E-state index contributed by atoms with van der Waals surface area (Å²) in [5, 5.41) is 6.32. The van der Waals surface area contributed by atoms with Crippen molar-refractivity contribution in [2.45, 2.75) is 26.7 Å². The van der Waals surface area contributed by atoms with Crippen LogP contribution in [0, 0.1) is 5.82 Å². The van der Waals surface area contributed by atoms with Gasteiger partial charge in [0.2, 0.25) is 5.13 Å². The number of ether oxygens (including phenoxy) is 2. The number of aromatic nitrogens is 1. The SMILES string of the molecule is CCCOc1ccc(C=NNc2nc(CC(=O)OCC)cs2)cc1F. The molecule has 1 aromatic heterocycles. The van der Waals surface area contributed by atoms with Gasteiger partial charge in [0.25, 0.3) is 0 Å². The van der Waals surface area contributed by atoms with Gasteiger partial charge in [-0.1, -0.05) is 6.92 Å². The normalized spacial score (nSPS) is 10.8. The zero-order chi connectivity index (χ0) is 18.1. The number of nitrogens with zero attached hydrogens (tertiary/aromatic N) is 2. The average molecular weight is 365 g/mol. The van der Waals surface area contributed by atoms with E-state index in [-0.39, 0.29) is 18.1 Å². The first-order chi connectivity index (χ1) is 12.1. The maximum absolute atomic E-state index is 13.9. The number of carbonyl (C=O) groups excluding carboxylic acids is 1. The first kappa shape index (κ1) is 18.9. The summed E-state index contributed by atoms with van der Waals surface area (Å²) in [6.07, 6.45) is 2.43. The van der Waals surface area contributed by atoms with Crippen LogP contribution in [0.2, 0.25) is 0 Å². The van der Waals surface area contributed by atoms with E-state index in [0.29, 0.717) is 29.6 Å². The van der Waals surface area contributed by atoms with Crippen LogP contribution >= 0.6 is 11.3 Å². The molecular weight excluding hydrogens is 345 g/mol. The molecule has 6 nitrogen and oxygen atoms in total. The summed E-state index contributed by atoms with van der Waals surface area (Å²) in [6, 6.07) is 4.64. The molecule has 0 aliphatic heterocycles. The molecule has 0 fully saturated rings. The summed E-state index contributed by atoms with van der Waals surface area (Å²) in [5.41, 5.74) is 3.97. The molecule has 0 radical (unpaired) electrons. The molecule has 1 N–H and O–H groups in total. The van der Waals surface area contributed by atoms with Crippen LogP contribution in [0.3, 0.4) is 0 Å². The number of thiazole rings is 1. The lowest BCUT2D eigenvalue weighted by Crippen LogP contribution is -2.07. The van der Waals surface area contributed by atoms with Crippen molar-refractivity contribution in [3.63, 3.8) is 0 Å². The second-order valence-electron chi connectivity index (χ2n) is 5.03. The van der Waals surface area contributed by atoms with Gasteiger partial charge in [0, 0.05) is 5.38 Å². The van der Waals surface area contributed by atoms with E-state index < -0.39 is 5.82 Å². The molecule has 0 bridgehead atoms. The van der Waals surface area contributed by atoms with Crippen LogP contribution in [0.25, 0.3) is 0 Å². The highest BCUT2D eigenvalue weighted by Gasteiger charge is 2.08. The minimum Gasteiger partial charge on any atom is -0.491 e. The van der Waals surface area contributed by atoms with Gasteiger partial charge in [-0.25, -0.2) is 9.37 Å². The smallest absolute Gasteiger partial charge is 0.311 e. The second-order valence-corrected chi connectivity index (χ2v) is 5.89. The number of nitrogens with one attached hydrogen (secondary N) is 1. The first-order valence-electron chi connectivity index (χ1n) is 7.93. The largest absolute Gasteiger partial charge is 0.491 e. The van der Waals surface area contributed by atoms with Gasteiger partial charge in [-0.05, 0) is 37.1 Å². The Morgan fingerprint density at radius 1 is 1.44 bits per heavy atom. The zero-order valence-corrected chi connectivity index (χ0v) is 14.9. The van der Waals surface area contributed by atoms with Gasteiger partial charge in [-0.2, -0.15) is 5.10 Å². The fraction of sp³-hybridized carbons (Fsp3) is 0.353. The Labute approximate surface area is 149 Å². The van der Waals surface area contributed by atoms with Crippen molar-refractivity contribution >= 4 is 28.7 Å². The molecule has 2 rings (SSSR count). The van der Waals surface area contributed by atoms with Crippen molar-refractivity contribution in [2.24, 2.45) is 5.10 Å². The van der Waals surface area contributed by atoms with Crippen molar-refractivity contribution in [3.05, 3.63) is 40.7 Å². The molecule has 1 heterocycles. The summed E-state index contributed by atoms with van der Waals surface area (Å²) < 4.78 is 24.0. The molecule has 0 amide bonds. The van der Waals surface area contributed by atoms with E-state index in [1.807, 2.05) is 6.92 Å². The molecule has 8 heteroatoms. The fourth-order valence-electron chi connectivity index (χ4n) is 1.89. The van der Waals surface area contributed by atoms with Gasteiger partial charge >= 0.3 is 5.97 Å². The summed E-state index contributed by atoms with van der Waals surface area (Å²) in [7, 11) is 0. The van der Waals surface area contributed by atoms with E-state index in [9.17, 15) is 9.18 Å². The molecular formula is C17H20FN3O3S. The Balaban J connectivity index is 1.89. The maximum Gasteiger partial charge on any atom is 0.311 e. The van der Waals surface area contributed by atoms with Gasteiger partial charge in [-0.15, -0.1) is 11.3 Å². The minimum absolute atomic E-state index is 0.125. The van der Waals surface area contributed by atoms with E-state index in [1.165, 1.54) is 23.6 Å². The van der Waals surface area contributed by atoms with E-state index in [4.69, 9.17) is 9.47 Å². The Hall–Kier alpha value is -2.48. The fourth-order valence-corrected chi connectivity index (χ4v) is 2.55. The predicted molar refractivity (Wildman–Crippen MR) is 95.9 cm³/mol. The summed E-state index contributed by atoms with van der Waals surface area (Å²) >= 11 is 1.32. The highest BCUT2D eigenvalue weighted by Crippen LogP contribution is 2.18. The summed E-state index contributed by atoms with van der Waals surface area (Å²) in [5.74, 6) is -0.512. The van der Waals surface area contributed by atoms with Gasteiger partial charge in [-0.3, -0.25) is 10.2 Å². The predicted octanol–water partition coefficient (Wildman–Crippen LogP) is 3.62. The van der Waals surface area contributed by atoms with Crippen LogP contribution in [0.1, 0.15) is 31.5 Å². The molecule has 0 saturated carbocycles. The molecule has 1 aromatic carbocycles. The van der Waals surface area contributed by atoms with Crippen LogP contribution in [0.4, 0.5) is 9.52 Å². The minimum atomic E-state index is -0.427. The third-order valence-corrected chi connectivity index (χ3v) is 3.77. The van der Waals surface area contributed by atoms with Crippen molar-refractivity contribution in [1.29, 1.82) is 0 Å². The lowest BCUT2D eigenvalue weighted by Gasteiger charge is -2.05. The number of esters is 1. The Morgan fingerprint density at radius 2 is 2.28 bits per heavy atom. The van der Waals surface area contributed by atoms with E-state index in [0.717, 1.165) is 6.42 Å². The number of anilines is 1. The Kier molecular flexibility index (Phi) is 7.34. The summed E-state index contributed by atoms with van der Waals surface area (Å²) in [6.45, 7) is 4.54. The molecule has 0 atom stereocenters. The number of hydrogen-bond donors (Lipinski definition) is 1.